The van der Waals surface area contributed by atoms with Gasteiger partial charge in [-0.1, -0.05) is 0 Å². The zero-order valence-corrected chi connectivity index (χ0v) is 6.87. The number of rotatable bonds is 0. The Morgan fingerprint density at radius 2 is 1.82 bits per heavy atom. The van der Waals surface area contributed by atoms with Gasteiger partial charge in [-0.05, 0) is 55.8 Å². The molecule has 3 aliphatic carbocycles. The van der Waals surface area contributed by atoms with Crippen LogP contribution in [0.5, 0.6) is 0 Å². The van der Waals surface area contributed by atoms with Gasteiger partial charge in [-0.2, -0.15) is 0 Å². The molecule has 0 spiro atoms. The van der Waals surface area contributed by atoms with Crippen LogP contribution >= 0.6 is 0 Å². The van der Waals surface area contributed by atoms with Crippen molar-refractivity contribution in [2.24, 2.45) is 23.7 Å². The first-order valence-electron chi connectivity index (χ1n) is 5.02. The van der Waals surface area contributed by atoms with Gasteiger partial charge < -0.3 is 5.11 Å². The zero-order chi connectivity index (χ0) is 7.42. The van der Waals surface area contributed by atoms with Gasteiger partial charge in [0.2, 0.25) is 0 Å². The molecule has 0 aromatic rings. The van der Waals surface area contributed by atoms with E-state index in [0.717, 1.165) is 24.2 Å². The third-order valence-corrected chi connectivity index (χ3v) is 4.34. The van der Waals surface area contributed by atoms with Crippen molar-refractivity contribution in [3.8, 4) is 0 Å². The molecule has 2 bridgehead atoms. The molecule has 3 fully saturated rings. The first kappa shape index (κ1) is 6.47. The van der Waals surface area contributed by atoms with Crippen LogP contribution < -0.4 is 0 Å². The van der Waals surface area contributed by atoms with Gasteiger partial charge >= 0.3 is 0 Å². The Labute approximate surface area is 67.8 Å². The van der Waals surface area contributed by atoms with Crippen LogP contribution in [0.1, 0.15) is 32.1 Å². The summed E-state index contributed by atoms with van der Waals surface area (Å²) in [5.74, 6) is 3.56. The molecule has 0 aliphatic heterocycles. The van der Waals surface area contributed by atoms with Crippen LogP contribution in [0.15, 0.2) is 0 Å². The smallest absolute Gasteiger partial charge is 0.0573 e. The van der Waals surface area contributed by atoms with E-state index < -0.39 is 0 Å². The molecular formula is C10H16O. The summed E-state index contributed by atoms with van der Waals surface area (Å²) in [6.45, 7) is 0. The van der Waals surface area contributed by atoms with Gasteiger partial charge in [-0.3, -0.25) is 0 Å². The van der Waals surface area contributed by atoms with Gasteiger partial charge in [0.25, 0.3) is 0 Å². The number of fused-ring (bicyclic) bond motifs is 1. The van der Waals surface area contributed by atoms with Gasteiger partial charge in [0.15, 0.2) is 0 Å². The van der Waals surface area contributed by atoms with Crippen LogP contribution in [0.25, 0.3) is 0 Å². The molecular weight excluding hydrogens is 136 g/mol. The van der Waals surface area contributed by atoms with Crippen LogP contribution in [-0.2, 0) is 0 Å². The standard InChI is InChI=1S/C10H16O/c11-10-5-6-3-7-1-2-8(10)9(7)4-6/h6-11H,1-5H2. The van der Waals surface area contributed by atoms with E-state index in [1.807, 2.05) is 0 Å². The molecule has 1 N–H and O–H groups in total. The van der Waals surface area contributed by atoms with E-state index >= 15 is 0 Å². The summed E-state index contributed by atoms with van der Waals surface area (Å²) in [6.07, 6.45) is 6.83. The van der Waals surface area contributed by atoms with E-state index in [4.69, 9.17) is 0 Å². The average molecular weight is 152 g/mol. The minimum Gasteiger partial charge on any atom is -0.393 e. The molecule has 11 heavy (non-hydrogen) atoms. The first-order chi connectivity index (χ1) is 5.34. The summed E-state index contributed by atoms with van der Waals surface area (Å²) in [4.78, 5) is 0. The summed E-state index contributed by atoms with van der Waals surface area (Å²) < 4.78 is 0. The van der Waals surface area contributed by atoms with Gasteiger partial charge in [-0.25, -0.2) is 0 Å². The van der Waals surface area contributed by atoms with E-state index in [2.05, 4.69) is 0 Å². The van der Waals surface area contributed by atoms with Crippen LogP contribution in [0.2, 0.25) is 0 Å². The molecule has 1 heteroatoms. The van der Waals surface area contributed by atoms with Crippen LogP contribution in [0.3, 0.4) is 0 Å². The molecule has 3 rings (SSSR count). The monoisotopic (exact) mass is 152 g/mol. The molecule has 5 atom stereocenters. The maximum atomic E-state index is 9.78. The Hall–Kier alpha value is -0.0400. The van der Waals surface area contributed by atoms with Crippen molar-refractivity contribution in [1.29, 1.82) is 0 Å². The molecule has 0 saturated heterocycles. The second kappa shape index (κ2) is 2.01. The third-order valence-electron chi connectivity index (χ3n) is 4.34. The molecule has 62 valence electrons. The van der Waals surface area contributed by atoms with E-state index in [1.54, 1.807) is 0 Å². The summed E-state index contributed by atoms with van der Waals surface area (Å²) >= 11 is 0. The van der Waals surface area contributed by atoms with Gasteiger partial charge in [0.1, 0.15) is 0 Å². The maximum absolute atomic E-state index is 9.78. The van der Waals surface area contributed by atoms with Crippen molar-refractivity contribution in [1.82, 2.24) is 0 Å². The lowest BCUT2D eigenvalue weighted by Crippen LogP contribution is -2.29. The van der Waals surface area contributed by atoms with Crippen molar-refractivity contribution in [2.45, 2.75) is 38.2 Å². The maximum Gasteiger partial charge on any atom is 0.0573 e. The largest absolute Gasteiger partial charge is 0.393 e. The van der Waals surface area contributed by atoms with Crippen molar-refractivity contribution < 1.29 is 5.11 Å². The molecule has 0 heterocycles. The fraction of sp³-hybridized carbons (Fsp3) is 1.00. The van der Waals surface area contributed by atoms with E-state index in [1.165, 1.54) is 25.7 Å². The lowest BCUT2D eigenvalue weighted by molar-refractivity contribution is 0.0389. The van der Waals surface area contributed by atoms with Crippen LogP contribution in [0, 0.1) is 23.7 Å². The normalized spacial score (nSPS) is 60.3. The number of hydrogen-bond donors (Lipinski definition) is 1. The SMILES string of the molecule is OC1CC2CC3CCC1C3C2. The van der Waals surface area contributed by atoms with Crippen molar-refractivity contribution in [3.63, 3.8) is 0 Å². The van der Waals surface area contributed by atoms with Crippen molar-refractivity contribution in [2.75, 3.05) is 0 Å². The Balaban J connectivity index is 1.94. The Morgan fingerprint density at radius 1 is 0.909 bits per heavy atom. The minimum absolute atomic E-state index is 0.0752. The fourth-order valence-electron chi connectivity index (χ4n) is 3.94. The molecule has 0 aromatic heterocycles. The highest BCUT2D eigenvalue weighted by molar-refractivity contribution is 5.00. The topological polar surface area (TPSA) is 20.2 Å². The molecule has 1 nitrogen and oxygen atoms in total. The summed E-state index contributed by atoms with van der Waals surface area (Å²) in [7, 11) is 0. The molecule has 0 aromatic carbocycles. The first-order valence-corrected chi connectivity index (χ1v) is 5.02. The minimum atomic E-state index is 0.0752. The van der Waals surface area contributed by atoms with E-state index in [0.29, 0.717) is 5.92 Å². The molecule has 3 aliphatic rings. The van der Waals surface area contributed by atoms with Crippen molar-refractivity contribution in [3.05, 3.63) is 0 Å². The van der Waals surface area contributed by atoms with Gasteiger partial charge in [0.05, 0.1) is 6.10 Å². The second-order valence-corrected chi connectivity index (χ2v) is 4.81. The predicted octanol–water partition coefficient (Wildman–Crippen LogP) is 1.80. The Bertz CT molecular complexity index is 173. The lowest BCUT2D eigenvalue weighted by Gasteiger charge is -2.30. The van der Waals surface area contributed by atoms with Crippen molar-refractivity contribution >= 4 is 0 Å². The average Bonchev–Trinajstić information content (AvgIpc) is 2.40. The summed E-state index contributed by atoms with van der Waals surface area (Å²) in [5, 5.41) is 9.78. The highest BCUT2D eigenvalue weighted by Crippen LogP contribution is 2.56. The van der Waals surface area contributed by atoms with Crippen LogP contribution in [0.4, 0.5) is 0 Å². The highest BCUT2D eigenvalue weighted by Gasteiger charge is 2.50. The molecule has 3 saturated carbocycles. The predicted molar refractivity (Wildman–Crippen MR) is 43.1 cm³/mol. The summed E-state index contributed by atoms with van der Waals surface area (Å²) in [6, 6.07) is 0. The molecule has 0 radical (unpaired) electrons. The zero-order valence-electron chi connectivity index (χ0n) is 6.87. The second-order valence-electron chi connectivity index (χ2n) is 4.81. The van der Waals surface area contributed by atoms with Gasteiger partial charge in [0, 0.05) is 0 Å². The lowest BCUT2D eigenvalue weighted by atomic mass is 9.79. The summed E-state index contributed by atoms with van der Waals surface area (Å²) in [5.41, 5.74) is 0. The number of aliphatic hydroxyl groups is 1. The Kier molecular flexibility index (Phi) is 1.18. The fourth-order valence-corrected chi connectivity index (χ4v) is 3.94. The molecule has 5 unspecified atom stereocenters. The molecule has 0 amide bonds. The number of hydrogen-bond acceptors (Lipinski definition) is 1. The quantitative estimate of drug-likeness (QED) is 0.561. The number of aliphatic hydroxyl groups excluding tert-OH is 1. The van der Waals surface area contributed by atoms with Crippen LogP contribution in [-0.4, -0.2) is 11.2 Å². The van der Waals surface area contributed by atoms with E-state index in [-0.39, 0.29) is 6.10 Å². The third kappa shape index (κ3) is 0.752. The Morgan fingerprint density at radius 3 is 2.73 bits per heavy atom. The van der Waals surface area contributed by atoms with Gasteiger partial charge in [-0.15, -0.1) is 0 Å². The highest BCUT2D eigenvalue weighted by atomic mass is 16.3. The van der Waals surface area contributed by atoms with E-state index in [9.17, 15) is 5.11 Å².